The Hall–Kier alpha value is -3.47. The molecule has 142 valence electrons. The largest absolute Gasteiger partial charge is 0.497 e. The molecular weight excluding hydrogens is 350 g/mol. The van der Waals surface area contributed by atoms with Crippen LogP contribution < -0.4 is 10.1 Å². The van der Waals surface area contributed by atoms with E-state index in [1.54, 1.807) is 43.5 Å². The van der Waals surface area contributed by atoms with E-state index in [1.807, 2.05) is 0 Å². The van der Waals surface area contributed by atoms with Gasteiger partial charge in [-0.1, -0.05) is 12.1 Å². The molecule has 1 rings (SSSR count). The van der Waals surface area contributed by atoms with Crippen molar-refractivity contribution in [2.45, 2.75) is 19.9 Å². The van der Waals surface area contributed by atoms with Crippen LogP contribution in [0.2, 0.25) is 0 Å². The van der Waals surface area contributed by atoms with Crippen molar-refractivity contribution in [3.05, 3.63) is 35.9 Å². The van der Waals surface area contributed by atoms with E-state index in [9.17, 15) is 14.4 Å². The van der Waals surface area contributed by atoms with E-state index >= 15 is 0 Å². The number of methoxy groups -OCH3 is 1. The topological polar surface area (TPSA) is 129 Å². The van der Waals surface area contributed by atoms with Crippen LogP contribution >= 0.6 is 0 Å². The lowest BCUT2D eigenvalue weighted by molar-refractivity contribution is -0.150. The molecule has 0 aliphatic carbocycles. The number of nitrogens with zero attached hydrogens (tertiary/aromatic N) is 1. The minimum Gasteiger partial charge on any atom is -0.497 e. The van der Waals surface area contributed by atoms with Gasteiger partial charge in [0, 0.05) is 11.8 Å². The molecule has 8 nitrogen and oxygen atoms in total. The maximum absolute atomic E-state index is 11.9. The number of hydrogen-bond donors (Lipinski definition) is 2. The lowest BCUT2D eigenvalue weighted by atomic mass is 10.0. The number of carbonyl (C=O) groups is 3. The molecule has 27 heavy (non-hydrogen) atoms. The Balaban J connectivity index is 2.50. The van der Waals surface area contributed by atoms with Gasteiger partial charge in [-0.25, -0.2) is 4.79 Å². The quantitative estimate of drug-likeness (QED) is 0.384. The van der Waals surface area contributed by atoms with Gasteiger partial charge in [-0.05, 0) is 37.6 Å². The highest BCUT2D eigenvalue weighted by atomic mass is 16.5. The summed E-state index contributed by atoms with van der Waals surface area (Å²) in [5, 5.41) is 18.6. The zero-order valence-electron chi connectivity index (χ0n) is 15.3. The summed E-state index contributed by atoms with van der Waals surface area (Å²) in [7, 11) is 1.55. The molecule has 0 heterocycles. The first-order valence-corrected chi connectivity index (χ1v) is 8.05. The lowest BCUT2D eigenvalue weighted by Gasteiger charge is -2.12. The Kier molecular flexibility index (Phi) is 8.39. The van der Waals surface area contributed by atoms with Gasteiger partial charge in [-0.15, -0.1) is 0 Å². The number of amides is 1. The van der Waals surface area contributed by atoms with Crippen LogP contribution in [0.1, 0.15) is 19.4 Å². The molecule has 0 aliphatic rings. The summed E-state index contributed by atoms with van der Waals surface area (Å²) < 4.78 is 9.84. The van der Waals surface area contributed by atoms with Gasteiger partial charge in [-0.2, -0.15) is 5.26 Å². The number of ether oxygens (including phenoxy) is 2. The van der Waals surface area contributed by atoms with Crippen molar-refractivity contribution in [2.75, 3.05) is 13.7 Å². The van der Waals surface area contributed by atoms with Crippen molar-refractivity contribution < 1.29 is 23.9 Å². The van der Waals surface area contributed by atoms with E-state index in [4.69, 9.17) is 20.1 Å². The third kappa shape index (κ3) is 7.12. The Morgan fingerprint density at radius 3 is 2.44 bits per heavy atom. The minimum absolute atomic E-state index is 0.122. The van der Waals surface area contributed by atoms with E-state index in [2.05, 4.69) is 5.32 Å². The summed E-state index contributed by atoms with van der Waals surface area (Å²) >= 11 is 0. The van der Waals surface area contributed by atoms with E-state index in [1.165, 1.54) is 19.9 Å². The molecule has 0 fully saturated rings. The van der Waals surface area contributed by atoms with Crippen LogP contribution in [0.25, 0.3) is 6.08 Å². The average molecular weight is 371 g/mol. The molecule has 1 amide bonds. The first-order valence-electron chi connectivity index (χ1n) is 8.05. The summed E-state index contributed by atoms with van der Waals surface area (Å²) in [5.41, 5.74) is 0.653. The second-order valence-corrected chi connectivity index (χ2v) is 5.66. The Morgan fingerprint density at radius 1 is 1.30 bits per heavy atom. The van der Waals surface area contributed by atoms with Gasteiger partial charge < -0.3 is 20.2 Å². The molecule has 0 radical (unpaired) electrons. The monoisotopic (exact) mass is 371 g/mol. The molecule has 1 aromatic rings. The van der Waals surface area contributed by atoms with Crippen molar-refractivity contribution in [3.8, 4) is 11.8 Å². The number of hydrogen-bond acceptors (Lipinski definition) is 7. The van der Waals surface area contributed by atoms with E-state index in [0.29, 0.717) is 5.75 Å². The van der Waals surface area contributed by atoms with Crippen molar-refractivity contribution >= 4 is 29.4 Å². The summed E-state index contributed by atoms with van der Waals surface area (Å²) in [6, 6.07) is 7.73. The molecule has 0 unspecified atom stereocenters. The van der Waals surface area contributed by atoms with Crippen LogP contribution in [0, 0.1) is 22.7 Å². The number of carbonyl (C=O) groups excluding carboxylic acids is 3. The third-order valence-electron chi connectivity index (χ3n) is 3.50. The standard InChI is InChI=1S/C19H21N3O5/c1-12(21)16(10-20)17(23)11-27-19(25)13(2)22-18(24)9-6-14-4-7-15(26-3)8-5-14/h4-9,13,16,21H,11H2,1-3H3,(H,22,24)/b9-6+,21-12?/t13-,16-/m0/s1. The van der Waals surface area contributed by atoms with Gasteiger partial charge in [0.2, 0.25) is 5.91 Å². The van der Waals surface area contributed by atoms with Gasteiger partial charge in [0.1, 0.15) is 17.7 Å². The van der Waals surface area contributed by atoms with E-state index in [-0.39, 0.29) is 5.71 Å². The molecule has 2 N–H and O–H groups in total. The maximum Gasteiger partial charge on any atom is 0.328 e. The number of ketones is 1. The second-order valence-electron chi connectivity index (χ2n) is 5.66. The second kappa shape index (κ2) is 10.5. The van der Waals surface area contributed by atoms with Gasteiger partial charge >= 0.3 is 5.97 Å². The van der Waals surface area contributed by atoms with E-state index in [0.717, 1.165) is 5.56 Å². The normalized spacial score (nSPS) is 12.5. The first kappa shape index (κ1) is 21.6. The maximum atomic E-state index is 11.9. The summed E-state index contributed by atoms with van der Waals surface area (Å²) in [5.74, 6) is -2.55. The van der Waals surface area contributed by atoms with Crippen LogP contribution in [-0.4, -0.2) is 43.1 Å². The van der Waals surface area contributed by atoms with Crippen LogP contribution in [-0.2, 0) is 19.1 Å². The molecular formula is C19H21N3O5. The molecule has 0 spiro atoms. The summed E-state index contributed by atoms with van der Waals surface area (Å²) in [6.07, 6.45) is 2.83. The first-order chi connectivity index (χ1) is 12.8. The smallest absolute Gasteiger partial charge is 0.328 e. The fraction of sp³-hybridized carbons (Fsp3) is 0.316. The van der Waals surface area contributed by atoms with Crippen LogP contribution in [0.5, 0.6) is 5.75 Å². The number of esters is 1. The summed E-state index contributed by atoms with van der Waals surface area (Å²) in [4.78, 5) is 35.4. The SMILES string of the molecule is COc1ccc(/C=C/C(=O)N[C@@H](C)C(=O)OCC(=O)[C@@H](C#N)C(C)=N)cc1. The molecule has 8 heteroatoms. The van der Waals surface area contributed by atoms with Gasteiger partial charge in [-0.3, -0.25) is 9.59 Å². The van der Waals surface area contributed by atoms with E-state index < -0.39 is 36.2 Å². The van der Waals surface area contributed by atoms with Gasteiger partial charge in [0.05, 0.1) is 13.2 Å². The number of nitriles is 1. The number of benzene rings is 1. The van der Waals surface area contributed by atoms with Crippen molar-refractivity contribution in [3.63, 3.8) is 0 Å². The molecule has 0 bridgehead atoms. The fourth-order valence-electron chi connectivity index (χ4n) is 1.97. The Morgan fingerprint density at radius 2 is 1.93 bits per heavy atom. The van der Waals surface area contributed by atoms with Crippen LogP contribution in [0.3, 0.4) is 0 Å². The third-order valence-corrected chi connectivity index (χ3v) is 3.50. The molecule has 0 saturated carbocycles. The van der Waals surface area contributed by atoms with Crippen LogP contribution in [0.15, 0.2) is 30.3 Å². The zero-order chi connectivity index (χ0) is 20.4. The highest BCUT2D eigenvalue weighted by Gasteiger charge is 2.23. The summed E-state index contributed by atoms with van der Waals surface area (Å²) in [6.45, 7) is 2.11. The van der Waals surface area contributed by atoms with Crippen molar-refractivity contribution in [1.29, 1.82) is 10.7 Å². The highest BCUT2D eigenvalue weighted by molar-refractivity contribution is 6.06. The van der Waals surface area contributed by atoms with Gasteiger partial charge in [0.25, 0.3) is 0 Å². The predicted molar refractivity (Wildman–Crippen MR) is 98.1 cm³/mol. The highest BCUT2D eigenvalue weighted by Crippen LogP contribution is 2.12. The minimum atomic E-state index is -1.24. The predicted octanol–water partition coefficient (Wildman–Crippen LogP) is 1.50. The molecule has 0 aliphatic heterocycles. The Labute approximate surface area is 157 Å². The number of rotatable bonds is 9. The molecule has 1 aromatic carbocycles. The average Bonchev–Trinajstić information content (AvgIpc) is 2.64. The van der Waals surface area contributed by atoms with Crippen molar-refractivity contribution in [1.82, 2.24) is 5.32 Å². The molecule has 0 saturated heterocycles. The van der Waals surface area contributed by atoms with Crippen LogP contribution in [0.4, 0.5) is 0 Å². The number of nitrogens with one attached hydrogen (secondary N) is 2. The number of Topliss-reactive ketones (excluding diaryl/α,β-unsaturated/α-hetero) is 1. The van der Waals surface area contributed by atoms with Crippen molar-refractivity contribution in [2.24, 2.45) is 5.92 Å². The fourth-order valence-corrected chi connectivity index (χ4v) is 1.97. The zero-order valence-corrected chi connectivity index (χ0v) is 15.3. The Bertz CT molecular complexity index is 778. The molecule has 0 aromatic heterocycles. The lowest BCUT2D eigenvalue weighted by Crippen LogP contribution is -2.39. The van der Waals surface area contributed by atoms with Gasteiger partial charge in [0.15, 0.2) is 12.4 Å². The molecule has 2 atom stereocenters.